The molecule has 10 nitrogen and oxygen atoms in total. The van der Waals surface area contributed by atoms with E-state index in [0.29, 0.717) is 17.4 Å². The van der Waals surface area contributed by atoms with Crippen LogP contribution >= 0.6 is 0 Å². The molecule has 1 amide bonds. The summed E-state index contributed by atoms with van der Waals surface area (Å²) in [5.74, 6) is -2.16. The number of rotatable bonds is 7. The molecule has 4 rings (SSSR count). The lowest BCUT2D eigenvalue weighted by molar-refractivity contribution is -0.182. The van der Waals surface area contributed by atoms with E-state index in [0.717, 1.165) is 33.1 Å². The first-order chi connectivity index (χ1) is 20.6. The van der Waals surface area contributed by atoms with Crippen LogP contribution < -0.4 is 14.8 Å². The van der Waals surface area contributed by atoms with Crippen LogP contribution in [0, 0.1) is 17.3 Å². The van der Waals surface area contributed by atoms with E-state index in [2.05, 4.69) is 32.2 Å². The van der Waals surface area contributed by atoms with Crippen LogP contribution in [0.1, 0.15) is 91.8 Å². The Labute approximate surface area is 264 Å². The van der Waals surface area contributed by atoms with Crippen LogP contribution in [-0.4, -0.2) is 35.9 Å². The summed E-state index contributed by atoms with van der Waals surface area (Å²) in [6, 6.07) is 9.24. The molecule has 5 atom stereocenters. The van der Waals surface area contributed by atoms with Gasteiger partial charge in [-0.15, -0.1) is 0 Å². The van der Waals surface area contributed by atoms with Crippen molar-refractivity contribution in [2.75, 3.05) is 5.32 Å². The van der Waals surface area contributed by atoms with Crippen molar-refractivity contribution in [1.82, 2.24) is 0 Å². The van der Waals surface area contributed by atoms with Gasteiger partial charge in [-0.05, 0) is 60.8 Å². The minimum atomic E-state index is -2.09. The van der Waals surface area contributed by atoms with E-state index in [1.807, 2.05) is 6.08 Å². The Hall–Kier alpha value is -4.47. The molecule has 242 valence electrons. The van der Waals surface area contributed by atoms with Crippen molar-refractivity contribution < 1.29 is 42.9 Å². The summed E-state index contributed by atoms with van der Waals surface area (Å²) in [6.07, 6.45) is 5.33. The Bertz CT molecular complexity index is 1510. The third-order valence-electron chi connectivity index (χ3n) is 8.40. The predicted octanol–water partition coefficient (Wildman–Crippen LogP) is 6.34. The molecule has 0 spiro atoms. The zero-order valence-corrected chi connectivity index (χ0v) is 26.1. The fourth-order valence-electron chi connectivity index (χ4n) is 6.22. The predicted molar refractivity (Wildman–Crippen MR) is 168 cm³/mol. The monoisotopic (exact) mass is 621 g/mol. The first-order valence-electron chi connectivity index (χ1n) is 14.7. The van der Waals surface area contributed by atoms with Crippen molar-refractivity contribution in [2.45, 2.75) is 86.9 Å². The lowest BCUT2D eigenvalue weighted by atomic mass is 9.67. The normalized spacial score (nSPS) is 25.7. The Morgan fingerprint density at radius 1 is 0.867 bits per heavy atom. The minimum Gasteiger partial charge on any atom is -0.447 e. The van der Waals surface area contributed by atoms with Crippen LogP contribution in [0.2, 0.25) is 0 Å². The van der Waals surface area contributed by atoms with Crippen molar-refractivity contribution in [3.05, 3.63) is 59.2 Å². The highest BCUT2D eigenvalue weighted by atomic mass is 16.6. The molecule has 1 aliphatic heterocycles. The van der Waals surface area contributed by atoms with Gasteiger partial charge in [0.05, 0.1) is 11.3 Å². The van der Waals surface area contributed by atoms with Crippen LogP contribution in [0.3, 0.4) is 0 Å². The molecule has 0 aromatic heterocycles. The van der Waals surface area contributed by atoms with Crippen molar-refractivity contribution in [1.29, 1.82) is 0 Å². The van der Waals surface area contributed by atoms with E-state index in [1.165, 1.54) is 38.1 Å². The minimum absolute atomic E-state index is 0. The van der Waals surface area contributed by atoms with E-state index in [1.54, 1.807) is 12.1 Å². The Morgan fingerprint density at radius 3 is 2.07 bits per heavy atom. The molecule has 2 aromatic carbocycles. The molecule has 10 heteroatoms. The molecular formula is C35H43NO9. The highest BCUT2D eigenvalue weighted by Gasteiger charge is 2.58. The van der Waals surface area contributed by atoms with Crippen molar-refractivity contribution in [3.63, 3.8) is 0 Å². The lowest BCUT2D eigenvalue weighted by Gasteiger charge is -2.43. The van der Waals surface area contributed by atoms with E-state index in [-0.39, 0.29) is 41.2 Å². The second kappa shape index (κ2) is 13.7. The number of esters is 4. The molecular weight excluding hydrogens is 578 g/mol. The first kappa shape index (κ1) is 35.0. The number of fused-ring (bicyclic) bond motifs is 1. The molecule has 1 aliphatic carbocycles. The topological polar surface area (TPSA) is 134 Å². The number of benzene rings is 2. The van der Waals surface area contributed by atoms with Gasteiger partial charge in [0.1, 0.15) is 11.5 Å². The SMILES string of the molecule is C.CC(=O)Oc1ccc([C@]2(OC(C)=O)c3c(ccc(/C=C/[C@]4(C)CC[C@H](C)[C@@H](C)C4)c3OC(C)=O)NC(=O)[C@H]2OC(C)=O)cc1. The zero-order chi connectivity index (χ0) is 32.4. The van der Waals surface area contributed by atoms with Gasteiger partial charge in [0.2, 0.25) is 11.7 Å². The van der Waals surface area contributed by atoms with Gasteiger partial charge in [-0.3, -0.25) is 24.0 Å². The first-order valence-corrected chi connectivity index (χ1v) is 14.7. The van der Waals surface area contributed by atoms with Crippen LogP contribution in [0.15, 0.2) is 42.5 Å². The molecule has 2 aromatic rings. The summed E-state index contributed by atoms with van der Waals surface area (Å²) in [7, 11) is 0. The van der Waals surface area contributed by atoms with Gasteiger partial charge < -0.3 is 24.3 Å². The van der Waals surface area contributed by atoms with Gasteiger partial charge in [-0.2, -0.15) is 0 Å². The summed E-state index contributed by atoms with van der Waals surface area (Å²) in [4.78, 5) is 62.8. The zero-order valence-electron chi connectivity index (χ0n) is 26.1. The fraction of sp³-hybridized carbons (Fsp3) is 0.457. The number of carbonyl (C=O) groups is 5. The number of allylic oxidation sites excluding steroid dienone is 1. The number of hydrogen-bond donors (Lipinski definition) is 1. The fourth-order valence-corrected chi connectivity index (χ4v) is 6.22. The molecule has 1 N–H and O–H groups in total. The average molecular weight is 622 g/mol. The number of ether oxygens (including phenoxy) is 4. The van der Waals surface area contributed by atoms with Crippen molar-refractivity contribution >= 4 is 41.5 Å². The third-order valence-corrected chi connectivity index (χ3v) is 8.40. The second-order valence-corrected chi connectivity index (χ2v) is 12.1. The van der Waals surface area contributed by atoms with Crippen LogP contribution in [0.4, 0.5) is 5.69 Å². The van der Waals surface area contributed by atoms with E-state index < -0.39 is 41.5 Å². The summed E-state index contributed by atoms with van der Waals surface area (Å²) in [5.41, 5.74) is -1.17. The standard InChI is InChI=1S/C34H39NO9.CH4/c1-19-14-16-33(7,18-20(19)2)17-15-25-8-13-28-29(30(25)42-22(4)37)34(44-24(6)39,31(32(40)35-28)43-23(5)38)26-9-11-27(12-10-26)41-21(3)36;/h8-13,15,17,19-20,31H,14,16,18H2,1-7H3,(H,35,40);1H4/b17-15+;/t19-,20-,31+,33-,34-;/m0./s1. The van der Waals surface area contributed by atoms with Gasteiger partial charge in [-0.1, -0.05) is 52.5 Å². The van der Waals surface area contributed by atoms with E-state index in [4.69, 9.17) is 18.9 Å². The van der Waals surface area contributed by atoms with Gasteiger partial charge in [0.15, 0.2) is 0 Å². The number of anilines is 1. The Kier molecular flexibility index (Phi) is 10.6. The molecule has 0 saturated heterocycles. The second-order valence-electron chi connectivity index (χ2n) is 12.1. The number of carbonyl (C=O) groups excluding carboxylic acids is 5. The van der Waals surface area contributed by atoms with Gasteiger partial charge in [-0.25, -0.2) is 0 Å². The van der Waals surface area contributed by atoms with Crippen LogP contribution in [-0.2, 0) is 39.0 Å². The van der Waals surface area contributed by atoms with Gasteiger partial charge >= 0.3 is 23.9 Å². The maximum absolute atomic E-state index is 13.6. The molecule has 1 saturated carbocycles. The highest BCUT2D eigenvalue weighted by molar-refractivity contribution is 6.02. The molecule has 1 fully saturated rings. The smallest absolute Gasteiger partial charge is 0.308 e. The van der Waals surface area contributed by atoms with Crippen molar-refractivity contribution in [3.8, 4) is 11.5 Å². The Balaban J connectivity index is 0.00000552. The molecule has 2 aliphatic rings. The third kappa shape index (κ3) is 7.44. The maximum Gasteiger partial charge on any atom is 0.308 e. The number of nitrogens with one attached hydrogen (secondary N) is 1. The van der Waals surface area contributed by atoms with E-state index in [9.17, 15) is 24.0 Å². The number of hydrogen-bond acceptors (Lipinski definition) is 9. The molecule has 0 bridgehead atoms. The summed E-state index contributed by atoms with van der Waals surface area (Å²) >= 11 is 0. The van der Waals surface area contributed by atoms with Gasteiger partial charge in [0.25, 0.3) is 5.91 Å². The summed E-state index contributed by atoms with van der Waals surface area (Å²) in [6.45, 7) is 11.5. The lowest BCUT2D eigenvalue weighted by Crippen LogP contribution is -2.56. The molecule has 1 heterocycles. The largest absolute Gasteiger partial charge is 0.447 e. The molecule has 45 heavy (non-hydrogen) atoms. The average Bonchev–Trinajstić information content (AvgIpc) is 2.92. The Morgan fingerprint density at radius 2 is 1.51 bits per heavy atom. The number of amides is 1. The maximum atomic E-state index is 13.6. The van der Waals surface area contributed by atoms with Crippen molar-refractivity contribution in [2.24, 2.45) is 17.3 Å². The van der Waals surface area contributed by atoms with Gasteiger partial charge in [0, 0.05) is 38.8 Å². The summed E-state index contributed by atoms with van der Waals surface area (Å²) < 4.78 is 22.6. The molecule has 0 unspecified atom stereocenters. The van der Waals surface area contributed by atoms with Crippen LogP contribution in [0.5, 0.6) is 11.5 Å². The highest BCUT2D eigenvalue weighted by Crippen LogP contribution is 2.52. The van der Waals surface area contributed by atoms with Crippen LogP contribution in [0.25, 0.3) is 6.08 Å². The van der Waals surface area contributed by atoms with E-state index >= 15 is 0 Å². The molecule has 0 radical (unpaired) electrons. The quantitative estimate of drug-likeness (QED) is 0.278. The summed E-state index contributed by atoms with van der Waals surface area (Å²) in [5, 5.41) is 2.72.